The maximum atomic E-state index is 14.0. The first kappa shape index (κ1) is 30.5. The summed E-state index contributed by atoms with van der Waals surface area (Å²) in [5.41, 5.74) is 1.87. The minimum absolute atomic E-state index is 0.00625. The van der Waals surface area contributed by atoms with Gasteiger partial charge in [-0.15, -0.1) is 0 Å². The Morgan fingerprint density at radius 2 is 1.93 bits per heavy atom. The SMILES string of the molecule is COc1cc(N2CC3CC2CN3C(=O)N(C)C)ccc1Nc1ncc(C(F)(F)F)c(CCc2cccc3c2C(C)(C)C(=O)N3)n1. The van der Waals surface area contributed by atoms with Crippen molar-refractivity contribution in [3.63, 3.8) is 0 Å². The van der Waals surface area contributed by atoms with Gasteiger partial charge in [0.1, 0.15) is 5.75 Å². The average Bonchev–Trinajstić information content (AvgIpc) is 3.67. The van der Waals surface area contributed by atoms with E-state index in [2.05, 4.69) is 25.5 Å². The van der Waals surface area contributed by atoms with Crippen molar-refractivity contribution >= 4 is 34.9 Å². The van der Waals surface area contributed by atoms with Crippen molar-refractivity contribution in [1.82, 2.24) is 19.8 Å². The first-order valence-electron chi connectivity index (χ1n) is 14.8. The molecule has 2 unspecified atom stereocenters. The number of methoxy groups -OCH3 is 1. The molecule has 3 aliphatic rings. The number of alkyl halides is 3. The predicted molar refractivity (Wildman–Crippen MR) is 164 cm³/mol. The summed E-state index contributed by atoms with van der Waals surface area (Å²) in [5.74, 6) is 0.353. The van der Waals surface area contributed by atoms with E-state index in [0.717, 1.165) is 29.4 Å². The number of hydrogen-bond acceptors (Lipinski definition) is 7. The van der Waals surface area contributed by atoms with E-state index in [9.17, 15) is 22.8 Å². The van der Waals surface area contributed by atoms with Gasteiger partial charge in [0, 0.05) is 56.9 Å². The zero-order valence-corrected chi connectivity index (χ0v) is 25.8. The second-order valence-electron chi connectivity index (χ2n) is 12.5. The van der Waals surface area contributed by atoms with E-state index < -0.39 is 17.2 Å². The molecule has 10 nitrogen and oxygen atoms in total. The highest BCUT2D eigenvalue weighted by atomic mass is 19.4. The third-order valence-electron chi connectivity index (χ3n) is 9.03. The molecular formula is C32H36F3N7O3. The summed E-state index contributed by atoms with van der Waals surface area (Å²) in [5, 5.41) is 5.90. The van der Waals surface area contributed by atoms with E-state index in [1.54, 1.807) is 51.0 Å². The van der Waals surface area contributed by atoms with Crippen molar-refractivity contribution < 1.29 is 27.5 Å². The van der Waals surface area contributed by atoms with Gasteiger partial charge in [0.15, 0.2) is 0 Å². The van der Waals surface area contributed by atoms with E-state index in [4.69, 9.17) is 4.74 Å². The molecule has 2 atom stereocenters. The van der Waals surface area contributed by atoms with Gasteiger partial charge in [0.2, 0.25) is 11.9 Å². The van der Waals surface area contributed by atoms with E-state index in [0.29, 0.717) is 30.2 Å². The fourth-order valence-electron chi connectivity index (χ4n) is 6.76. The molecular weight excluding hydrogens is 587 g/mol. The smallest absolute Gasteiger partial charge is 0.419 e. The van der Waals surface area contributed by atoms with Crippen LogP contribution in [0, 0.1) is 0 Å². The Bertz CT molecular complexity index is 1660. The number of nitrogens with zero attached hydrogens (tertiary/aromatic N) is 5. The number of nitrogens with one attached hydrogen (secondary N) is 2. The van der Waals surface area contributed by atoms with E-state index in [1.165, 1.54) is 7.11 Å². The lowest BCUT2D eigenvalue weighted by atomic mass is 9.82. The summed E-state index contributed by atoms with van der Waals surface area (Å²) >= 11 is 0. The first-order valence-corrected chi connectivity index (χ1v) is 14.8. The molecule has 3 amide bonds. The number of ether oxygens (including phenoxy) is 1. The Labute approximate surface area is 259 Å². The van der Waals surface area contributed by atoms with Crippen LogP contribution in [0.15, 0.2) is 42.6 Å². The lowest BCUT2D eigenvalue weighted by molar-refractivity contribution is -0.138. The molecule has 0 spiro atoms. The maximum Gasteiger partial charge on any atom is 0.419 e. The third kappa shape index (κ3) is 5.48. The Balaban J connectivity index is 1.22. The molecule has 2 N–H and O–H groups in total. The molecule has 6 rings (SSSR count). The van der Waals surface area contributed by atoms with E-state index in [1.807, 2.05) is 23.1 Å². The van der Waals surface area contributed by atoms with Gasteiger partial charge >= 0.3 is 12.2 Å². The van der Waals surface area contributed by atoms with Crippen LogP contribution in [0.4, 0.5) is 41.0 Å². The number of rotatable bonds is 7. The summed E-state index contributed by atoms with van der Waals surface area (Å²) in [4.78, 5) is 39.1. The van der Waals surface area contributed by atoms with Gasteiger partial charge in [-0.2, -0.15) is 13.2 Å². The largest absolute Gasteiger partial charge is 0.494 e. The number of aryl methyl sites for hydroxylation is 2. The second kappa shape index (κ2) is 11.1. The Kier molecular flexibility index (Phi) is 7.52. The quantitative estimate of drug-likeness (QED) is 0.373. The number of carbonyl (C=O) groups excluding carboxylic acids is 2. The van der Waals surface area contributed by atoms with Crippen LogP contribution < -0.4 is 20.3 Å². The van der Waals surface area contributed by atoms with Crippen LogP contribution in [0.25, 0.3) is 0 Å². The van der Waals surface area contributed by atoms with Gasteiger partial charge in [-0.05, 0) is 62.4 Å². The highest BCUT2D eigenvalue weighted by Gasteiger charge is 2.46. The van der Waals surface area contributed by atoms with Crippen molar-refractivity contribution in [2.75, 3.05) is 49.8 Å². The molecule has 0 saturated carbocycles. The summed E-state index contributed by atoms with van der Waals surface area (Å²) < 4.78 is 47.7. The van der Waals surface area contributed by atoms with Crippen LogP contribution in [0.3, 0.4) is 0 Å². The number of halogens is 3. The molecule has 2 aromatic carbocycles. The van der Waals surface area contributed by atoms with Crippen LogP contribution >= 0.6 is 0 Å². The van der Waals surface area contributed by atoms with Gasteiger partial charge in [0.25, 0.3) is 0 Å². The molecule has 13 heteroatoms. The Morgan fingerprint density at radius 1 is 1.16 bits per heavy atom. The minimum Gasteiger partial charge on any atom is -0.494 e. The van der Waals surface area contributed by atoms with Crippen molar-refractivity contribution in [2.45, 2.75) is 56.8 Å². The van der Waals surface area contributed by atoms with Gasteiger partial charge < -0.3 is 30.1 Å². The summed E-state index contributed by atoms with van der Waals surface area (Å²) in [7, 11) is 5.03. The van der Waals surface area contributed by atoms with Crippen molar-refractivity contribution in [1.29, 1.82) is 0 Å². The monoisotopic (exact) mass is 623 g/mol. The molecule has 2 bridgehead atoms. The van der Waals surface area contributed by atoms with Gasteiger partial charge in [0.05, 0.1) is 35.5 Å². The van der Waals surface area contributed by atoms with Crippen molar-refractivity contribution in [2.24, 2.45) is 0 Å². The lowest BCUT2D eigenvalue weighted by Gasteiger charge is -2.36. The zero-order chi connectivity index (χ0) is 32.3. The molecule has 2 fully saturated rings. The van der Waals surface area contributed by atoms with E-state index in [-0.39, 0.29) is 48.5 Å². The highest BCUT2D eigenvalue weighted by Crippen LogP contribution is 2.41. The lowest BCUT2D eigenvalue weighted by Crippen LogP contribution is -2.51. The molecule has 3 aliphatic heterocycles. The van der Waals surface area contributed by atoms with Crippen LogP contribution in [0.2, 0.25) is 0 Å². The molecule has 45 heavy (non-hydrogen) atoms. The Hall–Kier alpha value is -4.55. The highest BCUT2D eigenvalue weighted by molar-refractivity contribution is 6.06. The fourth-order valence-corrected chi connectivity index (χ4v) is 6.76. The number of piperazine rings is 1. The van der Waals surface area contributed by atoms with Crippen LogP contribution in [-0.4, -0.2) is 78.1 Å². The Morgan fingerprint density at radius 3 is 2.60 bits per heavy atom. The molecule has 2 saturated heterocycles. The normalized spacial score (nSPS) is 19.9. The number of likely N-dealkylation sites (tertiary alicyclic amines) is 1. The van der Waals surface area contributed by atoms with Gasteiger partial charge in [-0.3, -0.25) is 4.79 Å². The number of aromatic nitrogens is 2. The minimum atomic E-state index is -4.63. The molecule has 1 aromatic heterocycles. The number of fused-ring (bicyclic) bond motifs is 3. The standard InChI is InChI=1S/C32H36F3N7O3/c1-31(2)27-18(7-6-8-25(27)37-28(31)43)9-11-23-22(32(33,34)35)15-36-29(38-23)39-24-12-10-19(14-26(24)45-5)41-16-21-13-20(41)17-42(21)30(44)40(3)4/h6-8,10,12,14-15,20-21H,9,11,13,16-17H2,1-5H3,(H,37,43)(H,36,38,39). The number of benzene rings is 2. The number of carbonyl (C=O) groups is 2. The average molecular weight is 624 g/mol. The summed E-state index contributed by atoms with van der Waals surface area (Å²) in [6, 6.07) is 11.3. The third-order valence-corrected chi connectivity index (χ3v) is 9.03. The molecule has 238 valence electrons. The van der Waals surface area contributed by atoms with Gasteiger partial charge in [-0.1, -0.05) is 12.1 Å². The number of amides is 3. The molecule has 3 aromatic rings. The first-order chi connectivity index (χ1) is 21.3. The topological polar surface area (TPSA) is 103 Å². The fraction of sp³-hybridized carbons (Fsp3) is 0.438. The molecule has 0 aliphatic carbocycles. The summed E-state index contributed by atoms with van der Waals surface area (Å²) in [6.07, 6.45) is -2.69. The van der Waals surface area contributed by atoms with Gasteiger partial charge in [-0.25, -0.2) is 14.8 Å². The number of anilines is 4. The second-order valence-corrected chi connectivity index (χ2v) is 12.5. The summed E-state index contributed by atoms with van der Waals surface area (Å²) in [6.45, 7) is 4.96. The van der Waals surface area contributed by atoms with Crippen molar-refractivity contribution in [3.05, 3.63) is 65.0 Å². The van der Waals surface area contributed by atoms with Crippen LogP contribution in [0.5, 0.6) is 5.75 Å². The molecule has 4 heterocycles. The maximum absolute atomic E-state index is 14.0. The number of urea groups is 1. The zero-order valence-electron chi connectivity index (χ0n) is 25.8. The van der Waals surface area contributed by atoms with E-state index >= 15 is 0 Å². The van der Waals surface area contributed by atoms with Crippen LogP contribution in [-0.2, 0) is 29.2 Å². The predicted octanol–water partition coefficient (Wildman–Crippen LogP) is 5.21. The van der Waals surface area contributed by atoms with Crippen LogP contribution in [0.1, 0.15) is 42.7 Å². The molecule has 0 radical (unpaired) electrons. The van der Waals surface area contributed by atoms with Crippen molar-refractivity contribution in [3.8, 4) is 5.75 Å². The number of hydrogen-bond donors (Lipinski definition) is 2.